The van der Waals surface area contributed by atoms with E-state index in [1.807, 2.05) is 48.7 Å². The lowest BCUT2D eigenvalue weighted by molar-refractivity contribution is 0.0755. The Kier molecular flexibility index (Phi) is 5.25. The molecule has 0 aromatic carbocycles. The zero-order valence-corrected chi connectivity index (χ0v) is 22.3. The van der Waals surface area contributed by atoms with Gasteiger partial charge in [0.05, 0.1) is 18.1 Å². The summed E-state index contributed by atoms with van der Waals surface area (Å²) < 4.78 is 13.5. The number of piperidine rings is 1. The standard InChI is InChI=1S/C27H29N7O3S/c1-14-23(38-25(31-14)24-29-6-7-36-24)26(35)33-12-18-19(13-33)22(18)37-21-9-17(27(2,3)28)8-20(32-21)34-11-16(10-30-34)15-4-5-15/h6-11,15,18-19,22H,4-5,12-13,28H2,1-3H3/t18-,19+,22?. The molecule has 2 aliphatic carbocycles. The molecular formula is C27H29N7O3S. The maximum Gasteiger partial charge on any atom is 0.265 e. The van der Waals surface area contributed by atoms with E-state index in [4.69, 9.17) is 19.9 Å². The van der Waals surface area contributed by atoms with Crippen molar-refractivity contribution in [1.82, 2.24) is 29.6 Å². The van der Waals surface area contributed by atoms with E-state index < -0.39 is 5.54 Å². The molecular weight excluding hydrogens is 502 g/mol. The number of thiazole rings is 1. The zero-order chi connectivity index (χ0) is 26.2. The Bertz CT molecular complexity index is 1500. The highest BCUT2D eigenvalue weighted by molar-refractivity contribution is 7.17. The van der Waals surface area contributed by atoms with Crippen LogP contribution in [0.1, 0.15) is 59.1 Å². The topological polar surface area (TPSA) is 125 Å². The number of likely N-dealkylation sites (tertiary alicyclic amines) is 1. The molecule has 0 spiro atoms. The van der Waals surface area contributed by atoms with Gasteiger partial charge in [-0.05, 0) is 56.7 Å². The molecule has 0 radical (unpaired) electrons. The number of fused-ring (bicyclic) bond motifs is 1. The number of nitrogens with two attached hydrogens (primary N) is 1. The number of hydrogen-bond acceptors (Lipinski definition) is 9. The van der Waals surface area contributed by atoms with Crippen LogP contribution in [-0.2, 0) is 5.54 Å². The first-order chi connectivity index (χ1) is 18.2. The largest absolute Gasteiger partial charge is 0.474 e. The predicted octanol–water partition coefficient (Wildman–Crippen LogP) is 3.91. The van der Waals surface area contributed by atoms with Crippen molar-refractivity contribution in [3.8, 4) is 22.6 Å². The van der Waals surface area contributed by atoms with Crippen molar-refractivity contribution in [3.05, 3.63) is 58.7 Å². The number of amides is 1. The number of hydrogen-bond donors (Lipinski definition) is 1. The minimum Gasteiger partial charge on any atom is -0.474 e. The highest BCUT2D eigenvalue weighted by atomic mass is 32.1. The van der Waals surface area contributed by atoms with Crippen LogP contribution in [0.4, 0.5) is 0 Å². The second-order valence-corrected chi connectivity index (χ2v) is 12.2. The minimum atomic E-state index is -0.554. The van der Waals surface area contributed by atoms with Gasteiger partial charge in [-0.3, -0.25) is 4.79 Å². The van der Waals surface area contributed by atoms with Gasteiger partial charge in [0, 0.05) is 42.7 Å². The van der Waals surface area contributed by atoms with E-state index in [1.54, 1.807) is 6.20 Å². The lowest BCUT2D eigenvalue weighted by Gasteiger charge is -2.22. The number of aromatic nitrogens is 5. The molecule has 11 heteroatoms. The van der Waals surface area contributed by atoms with Gasteiger partial charge in [0.1, 0.15) is 17.2 Å². The fourth-order valence-corrected chi connectivity index (χ4v) is 6.22. The van der Waals surface area contributed by atoms with Gasteiger partial charge in [0.25, 0.3) is 11.8 Å². The van der Waals surface area contributed by atoms with Crippen molar-refractivity contribution in [2.45, 2.75) is 51.2 Å². The number of ether oxygens (including phenoxy) is 1. The van der Waals surface area contributed by atoms with Crippen LogP contribution in [0, 0.1) is 18.8 Å². The van der Waals surface area contributed by atoms with Gasteiger partial charge in [-0.1, -0.05) is 0 Å². The van der Waals surface area contributed by atoms with E-state index in [9.17, 15) is 4.79 Å². The quantitative estimate of drug-likeness (QED) is 0.381. The number of pyridine rings is 1. The normalized spacial score (nSPS) is 22.5. The number of rotatable bonds is 7. The fourth-order valence-electron chi connectivity index (χ4n) is 5.24. The smallest absolute Gasteiger partial charge is 0.265 e. The lowest BCUT2D eigenvalue weighted by atomic mass is 9.96. The van der Waals surface area contributed by atoms with Gasteiger partial charge in [-0.25, -0.2) is 14.6 Å². The number of aryl methyl sites for hydroxylation is 1. The summed E-state index contributed by atoms with van der Waals surface area (Å²) in [6.07, 6.45) is 9.53. The van der Waals surface area contributed by atoms with Crippen LogP contribution in [0.25, 0.3) is 16.7 Å². The van der Waals surface area contributed by atoms with Crippen LogP contribution in [-0.4, -0.2) is 54.7 Å². The zero-order valence-electron chi connectivity index (χ0n) is 21.5. The van der Waals surface area contributed by atoms with E-state index in [2.05, 4.69) is 21.3 Å². The summed E-state index contributed by atoms with van der Waals surface area (Å²) in [5, 5.41) is 5.16. The number of carbonyl (C=O) groups excluding carboxylic acids is 1. The number of oxazole rings is 1. The van der Waals surface area contributed by atoms with Crippen molar-refractivity contribution >= 4 is 17.2 Å². The van der Waals surface area contributed by atoms with Gasteiger partial charge in [0.2, 0.25) is 5.88 Å². The van der Waals surface area contributed by atoms with Gasteiger partial charge < -0.3 is 19.8 Å². The third-order valence-corrected chi connectivity index (χ3v) is 8.82. The molecule has 196 valence electrons. The average Bonchev–Trinajstić information content (AvgIpc) is 3.45. The molecule has 3 fully saturated rings. The number of carbonyl (C=O) groups is 1. The Balaban J connectivity index is 1.05. The Morgan fingerprint density at radius 3 is 2.68 bits per heavy atom. The average molecular weight is 532 g/mol. The molecule has 3 atom stereocenters. The Morgan fingerprint density at radius 1 is 1.21 bits per heavy atom. The Morgan fingerprint density at radius 2 is 2.00 bits per heavy atom. The van der Waals surface area contributed by atoms with Gasteiger partial charge in [0.15, 0.2) is 10.8 Å². The van der Waals surface area contributed by atoms with E-state index >= 15 is 0 Å². The molecule has 1 aliphatic heterocycles. The van der Waals surface area contributed by atoms with Crippen molar-refractivity contribution in [2.24, 2.45) is 17.6 Å². The molecule has 38 heavy (non-hydrogen) atoms. The molecule has 0 bridgehead atoms. The highest BCUT2D eigenvalue weighted by Crippen LogP contribution is 2.48. The summed E-state index contributed by atoms with van der Waals surface area (Å²) in [4.78, 5) is 29.2. The lowest BCUT2D eigenvalue weighted by Crippen LogP contribution is -2.33. The number of nitrogens with zero attached hydrogens (tertiary/aromatic N) is 6. The molecule has 10 nitrogen and oxygen atoms in total. The minimum absolute atomic E-state index is 0.00111. The molecule has 7 rings (SSSR count). The van der Waals surface area contributed by atoms with Gasteiger partial charge >= 0.3 is 0 Å². The summed E-state index contributed by atoms with van der Waals surface area (Å²) in [7, 11) is 0. The molecule has 1 amide bonds. The van der Waals surface area contributed by atoms with Crippen molar-refractivity contribution in [2.75, 3.05) is 13.1 Å². The monoisotopic (exact) mass is 531 g/mol. The summed E-state index contributed by atoms with van der Waals surface area (Å²) in [6.45, 7) is 7.09. The van der Waals surface area contributed by atoms with Crippen molar-refractivity contribution in [3.63, 3.8) is 0 Å². The molecule has 5 heterocycles. The molecule has 4 aromatic rings. The van der Waals surface area contributed by atoms with E-state index in [-0.39, 0.29) is 23.8 Å². The molecule has 4 aromatic heterocycles. The SMILES string of the molecule is Cc1nc(-c2ncco2)sc1C(=O)N1C[C@@H]2C(Oc3cc(C(C)(C)N)cc(-n4cc(C5CC5)cn4)n3)[C@@H]2C1. The van der Waals surface area contributed by atoms with Crippen molar-refractivity contribution in [1.29, 1.82) is 0 Å². The second-order valence-electron chi connectivity index (χ2n) is 11.2. The predicted molar refractivity (Wildman–Crippen MR) is 140 cm³/mol. The van der Waals surface area contributed by atoms with E-state index in [0.29, 0.717) is 52.2 Å². The second kappa shape index (κ2) is 8.47. The van der Waals surface area contributed by atoms with Crippen LogP contribution >= 0.6 is 11.3 Å². The van der Waals surface area contributed by atoms with Crippen LogP contribution in [0.2, 0.25) is 0 Å². The van der Waals surface area contributed by atoms with E-state index in [1.165, 1.54) is 36.0 Å². The Labute approximate surface area is 223 Å². The summed E-state index contributed by atoms with van der Waals surface area (Å²) >= 11 is 1.32. The highest BCUT2D eigenvalue weighted by Gasteiger charge is 2.59. The summed E-state index contributed by atoms with van der Waals surface area (Å²) in [5.41, 5.74) is 8.78. The Hall–Kier alpha value is -3.57. The summed E-state index contributed by atoms with van der Waals surface area (Å²) in [6, 6.07) is 3.91. The first-order valence-electron chi connectivity index (χ1n) is 12.9. The fraction of sp³-hybridized carbons (Fsp3) is 0.444. The maximum absolute atomic E-state index is 13.3. The molecule has 2 saturated carbocycles. The maximum atomic E-state index is 13.3. The van der Waals surface area contributed by atoms with Crippen molar-refractivity contribution < 1.29 is 13.9 Å². The van der Waals surface area contributed by atoms with Crippen LogP contribution in [0.15, 0.2) is 41.4 Å². The third kappa shape index (κ3) is 4.19. The van der Waals surface area contributed by atoms with Crippen LogP contribution in [0.3, 0.4) is 0 Å². The molecule has 2 N–H and O–H groups in total. The third-order valence-electron chi connectivity index (χ3n) is 7.68. The van der Waals surface area contributed by atoms with Crippen LogP contribution < -0.4 is 10.5 Å². The first kappa shape index (κ1) is 23.5. The van der Waals surface area contributed by atoms with Gasteiger partial charge in [-0.2, -0.15) is 10.1 Å². The van der Waals surface area contributed by atoms with Gasteiger partial charge in [-0.15, -0.1) is 11.3 Å². The van der Waals surface area contributed by atoms with Crippen LogP contribution in [0.5, 0.6) is 5.88 Å². The molecule has 1 saturated heterocycles. The first-order valence-corrected chi connectivity index (χ1v) is 13.8. The molecule has 3 aliphatic rings. The van der Waals surface area contributed by atoms with E-state index in [0.717, 1.165) is 5.56 Å². The summed E-state index contributed by atoms with van der Waals surface area (Å²) in [5.74, 6) is 2.87. The molecule has 1 unspecified atom stereocenters.